The van der Waals surface area contributed by atoms with E-state index in [2.05, 4.69) is 22.3 Å². The summed E-state index contributed by atoms with van der Waals surface area (Å²) < 4.78 is 1.30. The third-order valence-electron chi connectivity index (χ3n) is 3.19. The zero-order valence-electron chi connectivity index (χ0n) is 10.9. The monoisotopic (exact) mass is 282 g/mol. The van der Waals surface area contributed by atoms with Crippen molar-refractivity contribution in [2.45, 2.75) is 31.8 Å². The Hall–Kier alpha value is -1.33. The Bertz CT molecular complexity index is 492. The van der Waals surface area contributed by atoms with Crippen LogP contribution in [0.3, 0.4) is 0 Å². The molecule has 1 fully saturated rings. The Morgan fingerprint density at radius 3 is 3.26 bits per heavy atom. The number of nitrogens with one attached hydrogen (secondary N) is 2. The first-order chi connectivity index (χ1) is 9.22. The number of allylic oxidation sites excluding steroid dienone is 1. The molecule has 5 nitrogen and oxygen atoms in total. The molecule has 19 heavy (non-hydrogen) atoms. The number of halogens is 1. The molecule has 0 bridgehead atoms. The van der Waals surface area contributed by atoms with E-state index in [-0.39, 0.29) is 16.6 Å². The van der Waals surface area contributed by atoms with Crippen LogP contribution in [0.5, 0.6) is 0 Å². The lowest BCUT2D eigenvalue weighted by atomic mass is 10.1. The molecular weight excluding hydrogens is 264 g/mol. The smallest absolute Gasteiger partial charge is 0.287 e. The zero-order chi connectivity index (χ0) is 13.7. The molecule has 104 valence electrons. The lowest BCUT2D eigenvalue weighted by Gasteiger charge is -2.18. The number of hydrogen-bond donors (Lipinski definition) is 2. The van der Waals surface area contributed by atoms with Crippen LogP contribution in [-0.4, -0.2) is 28.9 Å². The summed E-state index contributed by atoms with van der Waals surface area (Å²) in [4.78, 5) is 12.0. The fourth-order valence-corrected chi connectivity index (χ4v) is 2.38. The zero-order valence-corrected chi connectivity index (χ0v) is 11.6. The van der Waals surface area contributed by atoms with E-state index in [4.69, 9.17) is 11.6 Å². The van der Waals surface area contributed by atoms with Gasteiger partial charge in [0.05, 0.1) is 18.4 Å². The molecular formula is C13H19ClN4O. The molecule has 6 heteroatoms. The van der Waals surface area contributed by atoms with Gasteiger partial charge in [-0.25, -0.2) is 4.68 Å². The Kier molecular flexibility index (Phi) is 4.99. The predicted molar refractivity (Wildman–Crippen MR) is 77.8 cm³/mol. The number of hydrogen-bond acceptors (Lipinski definition) is 4. The number of anilines is 1. The summed E-state index contributed by atoms with van der Waals surface area (Å²) in [7, 11) is 0. The van der Waals surface area contributed by atoms with E-state index in [0.717, 1.165) is 19.5 Å². The van der Waals surface area contributed by atoms with E-state index in [9.17, 15) is 4.79 Å². The van der Waals surface area contributed by atoms with Crippen LogP contribution in [0.4, 0.5) is 5.69 Å². The van der Waals surface area contributed by atoms with Gasteiger partial charge in [-0.1, -0.05) is 24.1 Å². The number of rotatable bonds is 4. The molecule has 0 amide bonds. The minimum Gasteiger partial charge on any atom is -0.378 e. The molecule has 1 atom stereocenters. The third-order valence-corrected chi connectivity index (χ3v) is 3.56. The van der Waals surface area contributed by atoms with Crippen LogP contribution in [0.25, 0.3) is 0 Å². The van der Waals surface area contributed by atoms with Gasteiger partial charge >= 0.3 is 0 Å². The molecule has 1 saturated heterocycles. The van der Waals surface area contributed by atoms with Crippen molar-refractivity contribution < 1.29 is 0 Å². The van der Waals surface area contributed by atoms with Gasteiger partial charge in [-0.15, -0.1) is 6.58 Å². The molecule has 0 aliphatic carbocycles. The highest BCUT2D eigenvalue weighted by molar-refractivity contribution is 6.32. The fraction of sp³-hybridized carbons (Fsp3) is 0.538. The van der Waals surface area contributed by atoms with Crippen molar-refractivity contribution in [1.82, 2.24) is 15.1 Å². The maximum absolute atomic E-state index is 12.0. The summed E-state index contributed by atoms with van der Waals surface area (Å²) in [5.41, 5.74) is 0.328. The maximum Gasteiger partial charge on any atom is 0.287 e. The van der Waals surface area contributed by atoms with E-state index >= 15 is 0 Å². The summed E-state index contributed by atoms with van der Waals surface area (Å²) in [5.74, 6) is 0. The van der Waals surface area contributed by atoms with Gasteiger partial charge in [-0.2, -0.15) is 5.10 Å². The summed E-state index contributed by atoms with van der Waals surface area (Å²) >= 11 is 6.10. The van der Waals surface area contributed by atoms with Crippen LogP contribution in [0.1, 0.15) is 19.3 Å². The van der Waals surface area contributed by atoms with Gasteiger partial charge in [-0.05, 0) is 19.4 Å². The quantitative estimate of drug-likeness (QED) is 0.824. The van der Waals surface area contributed by atoms with E-state index in [1.165, 1.54) is 17.5 Å². The first-order valence-corrected chi connectivity index (χ1v) is 6.94. The fourth-order valence-electron chi connectivity index (χ4n) is 2.18. The van der Waals surface area contributed by atoms with Gasteiger partial charge in [0.25, 0.3) is 5.56 Å². The van der Waals surface area contributed by atoms with Gasteiger partial charge < -0.3 is 10.6 Å². The van der Waals surface area contributed by atoms with Crippen molar-refractivity contribution in [1.29, 1.82) is 0 Å². The third kappa shape index (κ3) is 3.58. The van der Waals surface area contributed by atoms with Gasteiger partial charge in [0, 0.05) is 12.6 Å². The van der Waals surface area contributed by atoms with Crippen molar-refractivity contribution in [2.75, 3.05) is 18.4 Å². The van der Waals surface area contributed by atoms with Crippen molar-refractivity contribution in [3.8, 4) is 0 Å². The molecule has 2 rings (SSSR count). The first kappa shape index (κ1) is 14.1. The van der Waals surface area contributed by atoms with E-state index in [0.29, 0.717) is 12.2 Å². The summed E-state index contributed by atoms with van der Waals surface area (Å²) in [6.45, 7) is 5.88. The Balaban J connectivity index is 2.14. The van der Waals surface area contributed by atoms with Crippen LogP contribution in [0.15, 0.2) is 23.6 Å². The molecule has 0 saturated carbocycles. The SMILES string of the molecule is C=CCn1ncc(NC2CCCCNC2)c(Cl)c1=O. The average molecular weight is 283 g/mol. The molecule has 1 aliphatic rings. The predicted octanol–water partition coefficient (Wildman–Crippen LogP) is 1.64. The van der Waals surface area contributed by atoms with Crippen molar-refractivity contribution in [3.05, 3.63) is 34.2 Å². The van der Waals surface area contributed by atoms with Crippen molar-refractivity contribution >= 4 is 17.3 Å². The minimum atomic E-state index is -0.284. The molecule has 1 aromatic rings. The van der Waals surface area contributed by atoms with E-state index in [1.54, 1.807) is 12.3 Å². The van der Waals surface area contributed by atoms with E-state index in [1.807, 2.05) is 0 Å². The van der Waals surface area contributed by atoms with Crippen molar-refractivity contribution in [2.24, 2.45) is 0 Å². The maximum atomic E-state index is 12.0. The van der Waals surface area contributed by atoms with Crippen LogP contribution >= 0.6 is 11.6 Å². The number of nitrogens with zero attached hydrogens (tertiary/aromatic N) is 2. The Morgan fingerprint density at radius 1 is 1.63 bits per heavy atom. The normalized spacial score (nSPS) is 19.7. The van der Waals surface area contributed by atoms with Gasteiger partial charge in [0.2, 0.25) is 0 Å². The van der Waals surface area contributed by atoms with Crippen LogP contribution in [-0.2, 0) is 6.54 Å². The lowest BCUT2D eigenvalue weighted by Crippen LogP contribution is -2.32. The van der Waals surface area contributed by atoms with Crippen LogP contribution in [0, 0.1) is 0 Å². The first-order valence-electron chi connectivity index (χ1n) is 6.56. The molecule has 1 aliphatic heterocycles. The van der Waals surface area contributed by atoms with Gasteiger partial charge in [0.15, 0.2) is 0 Å². The topological polar surface area (TPSA) is 59.0 Å². The molecule has 1 aromatic heterocycles. The highest BCUT2D eigenvalue weighted by Gasteiger charge is 2.15. The summed E-state index contributed by atoms with van der Waals surface area (Å²) in [5, 5.41) is 10.9. The van der Waals surface area contributed by atoms with Crippen molar-refractivity contribution in [3.63, 3.8) is 0 Å². The molecule has 0 radical (unpaired) electrons. The second kappa shape index (κ2) is 6.73. The molecule has 0 aromatic carbocycles. The molecule has 2 N–H and O–H groups in total. The molecule has 2 heterocycles. The van der Waals surface area contributed by atoms with Gasteiger partial charge in [0.1, 0.15) is 5.02 Å². The summed E-state index contributed by atoms with van der Waals surface area (Å²) in [6.07, 6.45) is 6.65. The molecule has 0 spiro atoms. The second-order valence-corrected chi connectivity index (χ2v) is 5.07. The average Bonchev–Trinajstić information content (AvgIpc) is 2.67. The highest BCUT2D eigenvalue weighted by Crippen LogP contribution is 2.18. The molecule has 1 unspecified atom stereocenters. The van der Waals surface area contributed by atoms with Crippen LogP contribution in [0.2, 0.25) is 5.02 Å². The largest absolute Gasteiger partial charge is 0.378 e. The van der Waals surface area contributed by atoms with E-state index < -0.39 is 0 Å². The van der Waals surface area contributed by atoms with Crippen LogP contribution < -0.4 is 16.2 Å². The highest BCUT2D eigenvalue weighted by atomic mass is 35.5. The Morgan fingerprint density at radius 2 is 2.47 bits per heavy atom. The second-order valence-electron chi connectivity index (χ2n) is 4.69. The number of aromatic nitrogens is 2. The standard InChI is InChI=1S/C13H19ClN4O/c1-2-7-18-13(19)12(14)11(9-16-18)17-10-5-3-4-6-15-8-10/h2,9-10,15,17H,1,3-8H2. The lowest BCUT2D eigenvalue weighted by molar-refractivity contribution is 0.627. The minimum absolute atomic E-state index is 0.195. The summed E-state index contributed by atoms with van der Waals surface area (Å²) in [6, 6.07) is 0.288. The van der Waals surface area contributed by atoms with Gasteiger partial charge in [-0.3, -0.25) is 4.79 Å². The Labute approximate surface area is 117 Å².